The minimum atomic E-state index is -3.10. The van der Waals surface area contributed by atoms with Crippen molar-refractivity contribution < 1.29 is 8.42 Å². The first-order chi connectivity index (χ1) is 9.02. The molecule has 0 spiro atoms. The predicted octanol–water partition coefficient (Wildman–Crippen LogP) is 0.725. The molecule has 0 bridgehead atoms. The molecule has 1 unspecified atom stereocenters. The van der Waals surface area contributed by atoms with Gasteiger partial charge < -0.3 is 10.2 Å². The van der Waals surface area contributed by atoms with E-state index < -0.39 is 15.2 Å². The number of thioether (sulfide) groups is 1. The van der Waals surface area contributed by atoms with E-state index in [2.05, 4.69) is 10.3 Å². The molecular formula is C12H19N3O2S2. The molecule has 1 atom stereocenters. The van der Waals surface area contributed by atoms with Crippen molar-refractivity contribution in [2.45, 2.75) is 11.9 Å². The van der Waals surface area contributed by atoms with Crippen LogP contribution < -0.4 is 10.2 Å². The Labute approximate surface area is 118 Å². The van der Waals surface area contributed by atoms with Crippen molar-refractivity contribution >= 4 is 27.4 Å². The Balaban J connectivity index is 2.29. The van der Waals surface area contributed by atoms with Crippen LogP contribution in [-0.4, -0.2) is 50.1 Å². The number of nitrogens with zero attached hydrogens (tertiary/aromatic N) is 2. The summed E-state index contributed by atoms with van der Waals surface area (Å²) in [4.78, 5) is 6.45. The molecule has 0 amide bonds. The minimum absolute atomic E-state index is 0.469. The van der Waals surface area contributed by atoms with Gasteiger partial charge in [-0.15, -0.1) is 0 Å². The quantitative estimate of drug-likeness (QED) is 0.884. The molecule has 2 heterocycles. The van der Waals surface area contributed by atoms with Crippen molar-refractivity contribution in [1.82, 2.24) is 10.3 Å². The van der Waals surface area contributed by atoms with Gasteiger partial charge in [0, 0.05) is 30.9 Å². The normalized spacial score (nSPS) is 20.5. The van der Waals surface area contributed by atoms with E-state index in [1.807, 2.05) is 30.1 Å². The molecule has 1 fully saturated rings. The van der Waals surface area contributed by atoms with Gasteiger partial charge in [-0.3, -0.25) is 0 Å². The lowest BCUT2D eigenvalue weighted by molar-refractivity contribution is 0.583. The summed E-state index contributed by atoms with van der Waals surface area (Å²) < 4.78 is 23.8. The standard InChI is InChI=1S/C12H19N3O2S2/c1-13-8-10-4-3-5-11(14-10)15-6-7-18-9-12(15)19(2,16)17/h3-5,12-13H,6-9H2,1-2H3. The second-order valence-electron chi connectivity index (χ2n) is 4.57. The van der Waals surface area contributed by atoms with Crippen LogP contribution in [0.2, 0.25) is 0 Å². The largest absolute Gasteiger partial charge is 0.338 e. The van der Waals surface area contributed by atoms with Crippen molar-refractivity contribution in [2.75, 3.05) is 36.3 Å². The summed E-state index contributed by atoms with van der Waals surface area (Å²) in [7, 11) is -1.23. The molecule has 1 saturated heterocycles. The van der Waals surface area contributed by atoms with Crippen molar-refractivity contribution in [1.29, 1.82) is 0 Å². The van der Waals surface area contributed by atoms with Crippen LogP contribution in [0.15, 0.2) is 18.2 Å². The molecule has 1 aliphatic rings. The summed E-state index contributed by atoms with van der Waals surface area (Å²) in [5, 5.41) is 2.58. The topological polar surface area (TPSA) is 62.3 Å². The van der Waals surface area contributed by atoms with Crippen LogP contribution in [-0.2, 0) is 16.4 Å². The van der Waals surface area contributed by atoms with E-state index in [-0.39, 0.29) is 0 Å². The van der Waals surface area contributed by atoms with Gasteiger partial charge >= 0.3 is 0 Å². The molecule has 2 rings (SSSR count). The number of nitrogens with one attached hydrogen (secondary N) is 1. The fourth-order valence-electron chi connectivity index (χ4n) is 2.10. The lowest BCUT2D eigenvalue weighted by Crippen LogP contribution is -2.47. The van der Waals surface area contributed by atoms with Gasteiger partial charge in [0.25, 0.3) is 0 Å². The highest BCUT2D eigenvalue weighted by Crippen LogP contribution is 2.25. The number of sulfone groups is 1. The van der Waals surface area contributed by atoms with Gasteiger partial charge in [-0.1, -0.05) is 6.07 Å². The highest BCUT2D eigenvalue weighted by Gasteiger charge is 2.31. The number of rotatable bonds is 4. The highest BCUT2D eigenvalue weighted by molar-refractivity contribution is 8.01. The fraction of sp³-hybridized carbons (Fsp3) is 0.583. The summed E-state index contributed by atoms with van der Waals surface area (Å²) in [6.07, 6.45) is 1.30. The van der Waals surface area contributed by atoms with E-state index >= 15 is 0 Å². The molecule has 106 valence electrons. The van der Waals surface area contributed by atoms with Crippen molar-refractivity contribution in [3.05, 3.63) is 23.9 Å². The Bertz CT molecular complexity index is 534. The molecule has 19 heavy (non-hydrogen) atoms. The average molecular weight is 301 g/mol. The number of pyridine rings is 1. The smallest absolute Gasteiger partial charge is 0.169 e. The lowest BCUT2D eigenvalue weighted by Gasteiger charge is -2.35. The fourth-order valence-corrected chi connectivity index (χ4v) is 4.93. The van der Waals surface area contributed by atoms with Gasteiger partial charge in [0.15, 0.2) is 9.84 Å². The summed E-state index contributed by atoms with van der Waals surface area (Å²) >= 11 is 1.68. The van der Waals surface area contributed by atoms with Crippen molar-refractivity contribution in [3.8, 4) is 0 Å². The van der Waals surface area contributed by atoms with Gasteiger partial charge in [0.2, 0.25) is 0 Å². The van der Waals surface area contributed by atoms with Crippen LogP contribution in [0.25, 0.3) is 0 Å². The second-order valence-corrected chi connectivity index (χ2v) is 7.92. The third kappa shape index (κ3) is 3.61. The zero-order valence-electron chi connectivity index (χ0n) is 11.2. The molecule has 1 N–H and O–H groups in total. The third-order valence-corrected chi connectivity index (χ3v) is 5.67. The Kier molecular flexibility index (Phi) is 4.70. The average Bonchev–Trinajstić information content (AvgIpc) is 2.38. The maximum absolute atomic E-state index is 11.9. The Morgan fingerprint density at radius 2 is 2.32 bits per heavy atom. The molecule has 0 aliphatic carbocycles. The highest BCUT2D eigenvalue weighted by atomic mass is 32.2. The number of hydrogen-bond donors (Lipinski definition) is 1. The first kappa shape index (κ1) is 14.6. The molecule has 1 aliphatic heterocycles. The zero-order valence-corrected chi connectivity index (χ0v) is 12.8. The molecule has 1 aromatic heterocycles. The SMILES string of the molecule is CNCc1cccc(N2CCSCC2S(C)(=O)=O)n1. The summed E-state index contributed by atoms with van der Waals surface area (Å²) in [5.74, 6) is 2.30. The second kappa shape index (κ2) is 6.11. The summed E-state index contributed by atoms with van der Waals surface area (Å²) in [6, 6.07) is 5.75. The Morgan fingerprint density at radius 1 is 1.53 bits per heavy atom. The Hall–Kier alpha value is -0.790. The number of aromatic nitrogens is 1. The van der Waals surface area contributed by atoms with E-state index in [1.54, 1.807) is 11.8 Å². The van der Waals surface area contributed by atoms with Gasteiger partial charge in [0.1, 0.15) is 11.2 Å². The molecular weight excluding hydrogens is 282 g/mol. The lowest BCUT2D eigenvalue weighted by atomic mass is 10.3. The van der Waals surface area contributed by atoms with Crippen LogP contribution in [0.4, 0.5) is 5.82 Å². The number of hydrogen-bond acceptors (Lipinski definition) is 6. The van der Waals surface area contributed by atoms with Crippen molar-refractivity contribution in [2.24, 2.45) is 0 Å². The summed E-state index contributed by atoms with van der Waals surface area (Å²) in [6.45, 7) is 1.40. The van der Waals surface area contributed by atoms with Gasteiger partial charge in [-0.05, 0) is 19.2 Å². The molecule has 0 aromatic carbocycles. The number of anilines is 1. The van der Waals surface area contributed by atoms with Crippen LogP contribution in [0.1, 0.15) is 5.69 Å². The first-order valence-electron chi connectivity index (χ1n) is 6.16. The van der Waals surface area contributed by atoms with Gasteiger partial charge in [-0.2, -0.15) is 11.8 Å². The van der Waals surface area contributed by atoms with Crippen LogP contribution in [0, 0.1) is 0 Å². The van der Waals surface area contributed by atoms with E-state index in [0.717, 1.165) is 23.8 Å². The molecule has 0 radical (unpaired) electrons. The molecule has 7 heteroatoms. The minimum Gasteiger partial charge on any atom is -0.338 e. The van der Waals surface area contributed by atoms with Crippen LogP contribution in [0.3, 0.4) is 0 Å². The monoisotopic (exact) mass is 301 g/mol. The van der Waals surface area contributed by atoms with E-state index in [4.69, 9.17) is 0 Å². The zero-order chi connectivity index (χ0) is 13.9. The predicted molar refractivity (Wildman–Crippen MR) is 80.3 cm³/mol. The van der Waals surface area contributed by atoms with E-state index in [1.165, 1.54) is 6.26 Å². The van der Waals surface area contributed by atoms with Crippen LogP contribution >= 0.6 is 11.8 Å². The van der Waals surface area contributed by atoms with Gasteiger partial charge in [0.05, 0.1) is 5.69 Å². The third-order valence-electron chi connectivity index (χ3n) is 3.02. The first-order valence-corrected chi connectivity index (χ1v) is 9.27. The maximum Gasteiger partial charge on any atom is 0.169 e. The maximum atomic E-state index is 11.9. The van der Waals surface area contributed by atoms with E-state index in [9.17, 15) is 8.42 Å². The molecule has 5 nitrogen and oxygen atoms in total. The summed E-state index contributed by atoms with van der Waals surface area (Å²) in [5.41, 5.74) is 0.922. The molecule has 1 aromatic rings. The van der Waals surface area contributed by atoms with E-state index in [0.29, 0.717) is 12.3 Å². The Morgan fingerprint density at radius 3 is 3.00 bits per heavy atom. The van der Waals surface area contributed by atoms with Gasteiger partial charge in [-0.25, -0.2) is 13.4 Å². The van der Waals surface area contributed by atoms with Crippen molar-refractivity contribution in [3.63, 3.8) is 0 Å². The molecule has 0 saturated carbocycles. The van der Waals surface area contributed by atoms with Crippen LogP contribution in [0.5, 0.6) is 0 Å².